The summed E-state index contributed by atoms with van der Waals surface area (Å²) in [5.41, 5.74) is 4.25. The van der Waals surface area contributed by atoms with Crippen LogP contribution in [0.4, 0.5) is 5.69 Å². The van der Waals surface area contributed by atoms with Crippen LogP contribution in [0.25, 0.3) is 16.6 Å². The van der Waals surface area contributed by atoms with Gasteiger partial charge < -0.3 is 16.0 Å². The number of benzene rings is 2. The average molecular weight is 591 g/mol. The molecule has 4 amide bonds. The van der Waals surface area contributed by atoms with Crippen molar-refractivity contribution >= 4 is 52.1 Å². The van der Waals surface area contributed by atoms with Crippen LogP contribution >= 0.6 is 0 Å². The lowest BCUT2D eigenvalue weighted by atomic mass is 9.77. The fourth-order valence-electron chi connectivity index (χ4n) is 5.93. The Morgan fingerprint density at radius 1 is 1.09 bits per heavy atom. The summed E-state index contributed by atoms with van der Waals surface area (Å²) in [7, 11) is 0. The van der Waals surface area contributed by atoms with Crippen molar-refractivity contribution in [1.29, 1.82) is 10.7 Å². The maximum atomic E-state index is 13.0. The van der Waals surface area contributed by atoms with Crippen molar-refractivity contribution in [2.45, 2.75) is 50.6 Å². The van der Waals surface area contributed by atoms with Gasteiger partial charge >= 0.3 is 0 Å². The zero-order valence-electron chi connectivity index (χ0n) is 23.8. The zero-order chi connectivity index (χ0) is 30.8. The minimum Gasteiger partial charge on any atom is -0.388 e. The van der Waals surface area contributed by atoms with Gasteiger partial charge in [-0.3, -0.25) is 34.4 Å². The normalized spacial score (nSPS) is 21.4. The molecule has 0 spiro atoms. The molecule has 3 aliphatic rings. The van der Waals surface area contributed by atoms with Crippen molar-refractivity contribution in [2.24, 2.45) is 5.92 Å². The van der Waals surface area contributed by atoms with E-state index in [1.165, 1.54) is 6.21 Å². The molecule has 2 aromatic carbocycles. The van der Waals surface area contributed by atoms with E-state index in [4.69, 9.17) is 10.7 Å². The van der Waals surface area contributed by atoms with Crippen LogP contribution in [0.15, 0.2) is 48.8 Å². The summed E-state index contributed by atoms with van der Waals surface area (Å²) in [5.74, 6) is -1.47. The SMILES string of the molecule is N#Cc1ccc2ncc(/C(C=N)=C/NC3CC(CCCNc4ccc5c(c4)C(=O)N(C4CCC(=O)NC4=O)C5=O)C3)nc2c1. The van der Waals surface area contributed by atoms with Gasteiger partial charge in [-0.1, -0.05) is 0 Å². The smallest absolute Gasteiger partial charge is 0.262 e. The molecule has 3 aromatic rings. The molecular weight excluding hydrogens is 560 g/mol. The Bertz CT molecular complexity index is 1770. The first kappa shape index (κ1) is 28.7. The van der Waals surface area contributed by atoms with Gasteiger partial charge in [-0.15, -0.1) is 0 Å². The summed E-state index contributed by atoms with van der Waals surface area (Å²) >= 11 is 0. The van der Waals surface area contributed by atoms with Crippen molar-refractivity contribution in [1.82, 2.24) is 25.5 Å². The fourth-order valence-corrected chi connectivity index (χ4v) is 5.93. The number of imide groups is 2. The van der Waals surface area contributed by atoms with Gasteiger partial charge in [-0.25, -0.2) is 4.98 Å². The molecular formula is C32H30N8O4. The number of anilines is 1. The Balaban J connectivity index is 0.958. The highest BCUT2D eigenvalue weighted by molar-refractivity contribution is 6.23. The number of nitrogens with one attached hydrogen (secondary N) is 4. The van der Waals surface area contributed by atoms with Gasteiger partial charge in [-0.2, -0.15) is 5.26 Å². The van der Waals surface area contributed by atoms with Crippen LogP contribution in [0.3, 0.4) is 0 Å². The topological polar surface area (TPSA) is 181 Å². The number of nitrogens with zero attached hydrogens (tertiary/aromatic N) is 4. The van der Waals surface area contributed by atoms with E-state index in [1.54, 1.807) is 48.8 Å². The van der Waals surface area contributed by atoms with Crippen LogP contribution in [-0.4, -0.2) is 63.3 Å². The van der Waals surface area contributed by atoms with E-state index in [-0.39, 0.29) is 24.0 Å². The van der Waals surface area contributed by atoms with Crippen LogP contribution in [-0.2, 0) is 9.59 Å². The molecule has 1 atom stereocenters. The first-order valence-corrected chi connectivity index (χ1v) is 14.6. The summed E-state index contributed by atoms with van der Waals surface area (Å²) in [4.78, 5) is 59.6. The Kier molecular flexibility index (Phi) is 7.85. The first-order valence-electron chi connectivity index (χ1n) is 14.6. The third-order valence-corrected chi connectivity index (χ3v) is 8.39. The van der Waals surface area contributed by atoms with Crippen molar-refractivity contribution < 1.29 is 19.2 Å². The molecule has 44 heavy (non-hydrogen) atoms. The summed E-state index contributed by atoms with van der Waals surface area (Å²) in [5, 5.41) is 25.9. The summed E-state index contributed by atoms with van der Waals surface area (Å²) in [6, 6.07) is 11.6. The lowest BCUT2D eigenvalue weighted by molar-refractivity contribution is -0.136. The van der Waals surface area contributed by atoms with E-state index < -0.39 is 29.7 Å². The molecule has 0 radical (unpaired) electrons. The highest BCUT2D eigenvalue weighted by Gasteiger charge is 2.44. The number of rotatable bonds is 10. The number of carbonyl (C=O) groups excluding carboxylic acids is 4. The highest BCUT2D eigenvalue weighted by atomic mass is 16.2. The predicted octanol–water partition coefficient (Wildman–Crippen LogP) is 3.15. The molecule has 1 saturated carbocycles. The third kappa shape index (κ3) is 5.64. The second kappa shape index (κ2) is 12.0. The number of amides is 4. The molecule has 1 aliphatic carbocycles. The summed E-state index contributed by atoms with van der Waals surface area (Å²) in [6.45, 7) is 0.707. The molecule has 12 nitrogen and oxygen atoms in total. The van der Waals surface area contributed by atoms with Crippen LogP contribution in [0, 0.1) is 22.7 Å². The molecule has 3 heterocycles. The number of aromatic nitrogens is 2. The standard InChI is InChI=1S/C32H30N8O4/c33-14-19-3-6-25-26(12-19)38-27(17-37-25)20(15-34)16-36-22-10-18(11-22)2-1-9-35-21-4-5-23-24(13-21)32(44)40(31(23)43)28-7-8-29(41)39-30(28)42/h3-6,12-13,15-18,22,28,34-36H,1-2,7-11H2,(H,39,41,42)/b20-16+,34-15?. The molecule has 0 bridgehead atoms. The molecule has 4 N–H and O–H groups in total. The highest BCUT2D eigenvalue weighted by Crippen LogP contribution is 2.32. The van der Waals surface area contributed by atoms with Crippen LogP contribution in [0.2, 0.25) is 0 Å². The van der Waals surface area contributed by atoms with Crippen LogP contribution in [0.1, 0.15) is 70.5 Å². The Morgan fingerprint density at radius 2 is 1.91 bits per heavy atom. The molecule has 2 fully saturated rings. The lowest BCUT2D eigenvalue weighted by Crippen LogP contribution is -2.54. The van der Waals surface area contributed by atoms with E-state index in [9.17, 15) is 19.2 Å². The number of hydrogen-bond donors (Lipinski definition) is 4. The molecule has 1 unspecified atom stereocenters. The van der Waals surface area contributed by atoms with E-state index in [0.717, 1.165) is 36.3 Å². The van der Waals surface area contributed by atoms with Gasteiger partial charge in [0.05, 0.1) is 45.7 Å². The second-order valence-electron chi connectivity index (χ2n) is 11.3. The molecule has 1 aromatic heterocycles. The molecule has 1 saturated heterocycles. The van der Waals surface area contributed by atoms with Gasteiger partial charge in [0.25, 0.3) is 11.8 Å². The van der Waals surface area contributed by atoms with Crippen molar-refractivity contribution in [3.8, 4) is 6.07 Å². The van der Waals surface area contributed by atoms with Gasteiger partial charge in [0.2, 0.25) is 11.8 Å². The number of carbonyl (C=O) groups is 4. The molecule has 6 rings (SSSR count). The molecule has 12 heteroatoms. The van der Waals surface area contributed by atoms with Gasteiger partial charge in [0, 0.05) is 42.7 Å². The van der Waals surface area contributed by atoms with Gasteiger partial charge in [0.1, 0.15) is 6.04 Å². The lowest BCUT2D eigenvalue weighted by Gasteiger charge is -2.35. The second-order valence-corrected chi connectivity index (χ2v) is 11.3. The average Bonchev–Trinajstić information content (AvgIpc) is 3.25. The fraction of sp³-hybridized carbons (Fsp3) is 0.312. The minimum absolute atomic E-state index is 0.0854. The summed E-state index contributed by atoms with van der Waals surface area (Å²) in [6.07, 6.45) is 8.90. The quantitative estimate of drug-likeness (QED) is 0.157. The largest absolute Gasteiger partial charge is 0.388 e. The van der Waals surface area contributed by atoms with Gasteiger partial charge in [-0.05, 0) is 74.4 Å². The monoisotopic (exact) mass is 590 g/mol. The molecule has 2 aliphatic heterocycles. The van der Waals surface area contributed by atoms with E-state index >= 15 is 0 Å². The number of nitriles is 1. The van der Waals surface area contributed by atoms with E-state index in [1.807, 2.05) is 0 Å². The van der Waals surface area contributed by atoms with Crippen LogP contribution in [0.5, 0.6) is 0 Å². The van der Waals surface area contributed by atoms with E-state index in [0.29, 0.717) is 46.4 Å². The number of piperidine rings is 1. The maximum absolute atomic E-state index is 13.0. The van der Waals surface area contributed by atoms with E-state index in [2.05, 4.69) is 32.0 Å². The predicted molar refractivity (Wildman–Crippen MR) is 161 cm³/mol. The van der Waals surface area contributed by atoms with Crippen molar-refractivity contribution in [3.05, 3.63) is 71.2 Å². The summed E-state index contributed by atoms with van der Waals surface area (Å²) < 4.78 is 0. The Morgan fingerprint density at radius 3 is 2.68 bits per heavy atom. The molecule has 222 valence electrons. The Hall–Kier alpha value is -5.44. The van der Waals surface area contributed by atoms with Crippen molar-refractivity contribution in [2.75, 3.05) is 11.9 Å². The number of allylic oxidation sites excluding steroid dienone is 1. The minimum atomic E-state index is -0.976. The van der Waals surface area contributed by atoms with Gasteiger partial charge in [0.15, 0.2) is 0 Å². The third-order valence-electron chi connectivity index (χ3n) is 8.39. The number of fused-ring (bicyclic) bond motifs is 2. The van der Waals surface area contributed by atoms with Crippen LogP contribution < -0.4 is 16.0 Å². The number of hydrogen-bond acceptors (Lipinski definition) is 10. The maximum Gasteiger partial charge on any atom is 0.262 e. The Labute approximate surface area is 253 Å². The van der Waals surface area contributed by atoms with Crippen molar-refractivity contribution in [3.63, 3.8) is 0 Å². The first-order chi connectivity index (χ1) is 21.3. The zero-order valence-corrected chi connectivity index (χ0v) is 23.8.